The zero-order valence-electron chi connectivity index (χ0n) is 12.3. The zero-order valence-corrected chi connectivity index (χ0v) is 12.3. The highest BCUT2D eigenvalue weighted by molar-refractivity contribution is 5.77. The van der Waals surface area contributed by atoms with Crippen LogP contribution in [-0.2, 0) is 9.59 Å². The van der Waals surface area contributed by atoms with Crippen molar-refractivity contribution in [3.8, 4) is 0 Å². The van der Waals surface area contributed by atoms with E-state index in [1.807, 2.05) is 9.80 Å². The molecule has 3 rings (SSSR count). The van der Waals surface area contributed by atoms with Gasteiger partial charge in [0.05, 0.1) is 0 Å². The molecule has 2 unspecified atom stereocenters. The number of amides is 2. The Labute approximate surface area is 120 Å². The van der Waals surface area contributed by atoms with Gasteiger partial charge in [0.2, 0.25) is 11.8 Å². The number of piperidine rings is 1. The van der Waals surface area contributed by atoms with Gasteiger partial charge in [-0.2, -0.15) is 0 Å². The van der Waals surface area contributed by atoms with Crippen molar-refractivity contribution in [1.82, 2.24) is 15.1 Å². The number of rotatable bonds is 2. The molecule has 0 aromatic rings. The van der Waals surface area contributed by atoms with Crippen molar-refractivity contribution in [1.29, 1.82) is 0 Å². The van der Waals surface area contributed by atoms with Crippen LogP contribution in [0.15, 0.2) is 0 Å². The van der Waals surface area contributed by atoms with E-state index in [2.05, 4.69) is 5.32 Å². The molecule has 5 heteroatoms. The average molecular weight is 279 g/mol. The van der Waals surface area contributed by atoms with Crippen molar-refractivity contribution < 1.29 is 9.59 Å². The van der Waals surface area contributed by atoms with E-state index >= 15 is 0 Å². The molecule has 0 radical (unpaired) electrons. The third-order valence-electron chi connectivity index (χ3n) is 5.11. The molecule has 112 valence electrons. The number of fused-ring (bicyclic) bond motifs is 2. The summed E-state index contributed by atoms with van der Waals surface area (Å²) in [5.41, 5.74) is 0. The molecule has 3 aliphatic heterocycles. The molecule has 2 amide bonds. The van der Waals surface area contributed by atoms with Crippen LogP contribution in [0.25, 0.3) is 0 Å². The molecule has 0 saturated carbocycles. The monoisotopic (exact) mass is 279 g/mol. The SMILES string of the molecule is CC(=O)N1CCN(C(=O)CC2CC3CCC(C2)N3)CC1. The van der Waals surface area contributed by atoms with Gasteiger partial charge < -0.3 is 15.1 Å². The van der Waals surface area contributed by atoms with Crippen molar-refractivity contribution in [3.63, 3.8) is 0 Å². The summed E-state index contributed by atoms with van der Waals surface area (Å²) in [7, 11) is 0. The van der Waals surface area contributed by atoms with Crippen LogP contribution >= 0.6 is 0 Å². The average Bonchev–Trinajstić information content (AvgIpc) is 2.78. The Hall–Kier alpha value is -1.10. The minimum Gasteiger partial charge on any atom is -0.339 e. The van der Waals surface area contributed by atoms with Gasteiger partial charge in [-0.15, -0.1) is 0 Å². The fourth-order valence-electron chi connectivity index (χ4n) is 3.99. The number of carbonyl (C=O) groups excluding carboxylic acids is 2. The lowest BCUT2D eigenvalue weighted by Crippen LogP contribution is -2.50. The number of piperazine rings is 1. The summed E-state index contributed by atoms with van der Waals surface area (Å²) in [6.07, 6.45) is 5.60. The fraction of sp³-hybridized carbons (Fsp3) is 0.867. The maximum Gasteiger partial charge on any atom is 0.222 e. The second-order valence-corrected chi connectivity index (χ2v) is 6.57. The molecule has 3 aliphatic rings. The Bertz CT molecular complexity index is 379. The van der Waals surface area contributed by atoms with E-state index in [-0.39, 0.29) is 5.91 Å². The summed E-state index contributed by atoms with van der Waals surface area (Å²) in [4.78, 5) is 27.4. The minimum atomic E-state index is 0.118. The van der Waals surface area contributed by atoms with Crippen molar-refractivity contribution in [2.75, 3.05) is 26.2 Å². The van der Waals surface area contributed by atoms with Crippen molar-refractivity contribution in [2.24, 2.45) is 5.92 Å². The predicted octanol–water partition coefficient (Wildman–Crippen LogP) is 0.598. The molecular formula is C15H25N3O2. The molecule has 0 spiro atoms. The second-order valence-electron chi connectivity index (χ2n) is 6.57. The molecule has 5 nitrogen and oxygen atoms in total. The Balaban J connectivity index is 1.47. The molecule has 2 atom stereocenters. The predicted molar refractivity (Wildman–Crippen MR) is 76.1 cm³/mol. The Morgan fingerprint density at radius 2 is 1.55 bits per heavy atom. The first-order chi connectivity index (χ1) is 9.61. The topological polar surface area (TPSA) is 52.7 Å². The third-order valence-corrected chi connectivity index (χ3v) is 5.11. The van der Waals surface area contributed by atoms with Crippen molar-refractivity contribution in [3.05, 3.63) is 0 Å². The molecule has 0 aromatic carbocycles. The van der Waals surface area contributed by atoms with Crippen LogP contribution in [0.4, 0.5) is 0 Å². The van der Waals surface area contributed by atoms with Crippen molar-refractivity contribution in [2.45, 2.75) is 51.1 Å². The molecule has 20 heavy (non-hydrogen) atoms. The van der Waals surface area contributed by atoms with Gasteiger partial charge in [0.15, 0.2) is 0 Å². The Morgan fingerprint density at radius 3 is 2.10 bits per heavy atom. The van der Waals surface area contributed by atoms with Crippen LogP contribution in [0.5, 0.6) is 0 Å². The standard InChI is InChI=1S/C15H25N3O2/c1-11(19)17-4-6-18(7-5-17)15(20)10-12-8-13-2-3-14(9-12)16-13/h12-14,16H,2-10H2,1H3. The van der Waals surface area contributed by atoms with Gasteiger partial charge in [0, 0.05) is 51.6 Å². The highest BCUT2D eigenvalue weighted by Crippen LogP contribution is 2.33. The first kappa shape index (κ1) is 13.9. The molecule has 3 heterocycles. The number of nitrogens with one attached hydrogen (secondary N) is 1. The van der Waals surface area contributed by atoms with E-state index in [1.165, 1.54) is 12.8 Å². The van der Waals surface area contributed by atoms with E-state index < -0.39 is 0 Å². The summed E-state index contributed by atoms with van der Waals surface area (Å²) in [6, 6.07) is 1.31. The minimum absolute atomic E-state index is 0.118. The molecule has 3 fully saturated rings. The number of carbonyl (C=O) groups is 2. The van der Waals surface area contributed by atoms with Crippen LogP contribution in [0.1, 0.15) is 39.0 Å². The maximum atomic E-state index is 12.4. The molecule has 1 N–H and O–H groups in total. The third kappa shape index (κ3) is 2.97. The molecular weight excluding hydrogens is 254 g/mol. The number of hydrogen-bond donors (Lipinski definition) is 1. The Kier molecular flexibility index (Phi) is 3.96. The van der Waals surface area contributed by atoms with Crippen LogP contribution in [0, 0.1) is 5.92 Å². The second kappa shape index (κ2) is 5.72. The van der Waals surface area contributed by atoms with Gasteiger partial charge in [-0.3, -0.25) is 9.59 Å². The summed E-state index contributed by atoms with van der Waals surface area (Å²) in [5, 5.41) is 3.62. The van der Waals surface area contributed by atoms with Crippen LogP contribution in [0.2, 0.25) is 0 Å². The van der Waals surface area contributed by atoms with Gasteiger partial charge in [-0.05, 0) is 31.6 Å². The highest BCUT2D eigenvalue weighted by atomic mass is 16.2. The highest BCUT2D eigenvalue weighted by Gasteiger charge is 2.35. The van der Waals surface area contributed by atoms with Crippen LogP contribution in [0.3, 0.4) is 0 Å². The number of nitrogens with zero attached hydrogens (tertiary/aromatic N) is 2. The van der Waals surface area contributed by atoms with Gasteiger partial charge in [0.1, 0.15) is 0 Å². The van der Waals surface area contributed by atoms with E-state index in [9.17, 15) is 9.59 Å². The van der Waals surface area contributed by atoms with Crippen molar-refractivity contribution >= 4 is 11.8 Å². The lowest BCUT2D eigenvalue weighted by atomic mass is 9.89. The maximum absolute atomic E-state index is 12.4. The first-order valence-electron chi connectivity index (χ1n) is 7.91. The number of hydrogen-bond acceptors (Lipinski definition) is 3. The molecule has 0 aliphatic carbocycles. The van der Waals surface area contributed by atoms with Gasteiger partial charge in [0.25, 0.3) is 0 Å². The molecule has 2 bridgehead atoms. The van der Waals surface area contributed by atoms with Crippen LogP contribution in [-0.4, -0.2) is 59.9 Å². The van der Waals surface area contributed by atoms with Gasteiger partial charge >= 0.3 is 0 Å². The van der Waals surface area contributed by atoms with E-state index in [0.29, 0.717) is 56.5 Å². The quantitative estimate of drug-likeness (QED) is 0.805. The summed E-state index contributed by atoms with van der Waals surface area (Å²) < 4.78 is 0. The normalized spacial score (nSPS) is 33.4. The summed E-state index contributed by atoms with van der Waals surface area (Å²) in [5.74, 6) is 0.971. The van der Waals surface area contributed by atoms with Gasteiger partial charge in [-0.1, -0.05) is 0 Å². The van der Waals surface area contributed by atoms with E-state index in [1.54, 1.807) is 6.92 Å². The Morgan fingerprint density at radius 1 is 1.00 bits per heavy atom. The largest absolute Gasteiger partial charge is 0.339 e. The lowest BCUT2D eigenvalue weighted by molar-refractivity contribution is -0.139. The zero-order chi connectivity index (χ0) is 14.1. The first-order valence-corrected chi connectivity index (χ1v) is 7.91. The van der Waals surface area contributed by atoms with E-state index in [4.69, 9.17) is 0 Å². The smallest absolute Gasteiger partial charge is 0.222 e. The van der Waals surface area contributed by atoms with Crippen LogP contribution < -0.4 is 5.32 Å². The molecule has 3 saturated heterocycles. The van der Waals surface area contributed by atoms with E-state index in [0.717, 1.165) is 12.8 Å². The fourth-order valence-corrected chi connectivity index (χ4v) is 3.99. The molecule has 0 aromatic heterocycles. The lowest BCUT2D eigenvalue weighted by Gasteiger charge is -2.36. The summed E-state index contributed by atoms with van der Waals surface area (Å²) >= 11 is 0. The van der Waals surface area contributed by atoms with Gasteiger partial charge in [-0.25, -0.2) is 0 Å². The summed E-state index contributed by atoms with van der Waals surface area (Å²) in [6.45, 7) is 4.39.